The smallest absolute Gasteiger partial charge is 0.150 e. The Morgan fingerprint density at radius 3 is 1.83 bits per heavy atom. The van der Waals surface area contributed by atoms with Crippen LogP contribution in [0.1, 0.15) is 26.7 Å². The molecule has 3 fully saturated rings. The molecular weight excluding hydrogens is 311 g/mol. The Balaban J connectivity index is 1.84. The van der Waals surface area contributed by atoms with Gasteiger partial charge in [0.15, 0.2) is 0 Å². The molecule has 0 amide bonds. The molecule has 0 spiro atoms. The second-order valence-corrected chi connectivity index (χ2v) is 10.9. The first kappa shape index (κ1) is 15.9. The monoisotopic (exact) mass is 336 g/mol. The summed E-state index contributed by atoms with van der Waals surface area (Å²) in [5, 5.41) is 1.95. The van der Waals surface area contributed by atoms with Crippen molar-refractivity contribution in [2.45, 2.75) is 32.3 Å². The maximum Gasteiger partial charge on any atom is 0.150 e. The lowest BCUT2D eigenvalue weighted by atomic mass is 9.47. The third kappa shape index (κ3) is 2.11. The molecule has 3 aliphatic carbocycles. The Morgan fingerprint density at radius 1 is 0.917 bits per heavy atom. The molecular formula is C22H25OP. The molecule has 0 aliphatic heterocycles. The van der Waals surface area contributed by atoms with Crippen molar-refractivity contribution < 1.29 is 4.57 Å². The van der Waals surface area contributed by atoms with Crippen LogP contribution in [0.3, 0.4) is 0 Å². The molecule has 2 aromatic rings. The van der Waals surface area contributed by atoms with Crippen molar-refractivity contribution in [1.29, 1.82) is 0 Å². The van der Waals surface area contributed by atoms with Gasteiger partial charge >= 0.3 is 0 Å². The van der Waals surface area contributed by atoms with E-state index in [0.29, 0.717) is 17.3 Å². The van der Waals surface area contributed by atoms with Gasteiger partial charge in [-0.25, -0.2) is 0 Å². The number of fused-ring (bicyclic) bond motifs is 2. The van der Waals surface area contributed by atoms with Gasteiger partial charge in [0.25, 0.3) is 0 Å². The molecule has 3 atom stereocenters. The predicted molar refractivity (Wildman–Crippen MR) is 103 cm³/mol. The van der Waals surface area contributed by atoms with Gasteiger partial charge in [0.05, 0.1) is 0 Å². The van der Waals surface area contributed by atoms with Gasteiger partial charge in [-0.2, -0.15) is 0 Å². The van der Waals surface area contributed by atoms with Gasteiger partial charge in [0.2, 0.25) is 0 Å². The van der Waals surface area contributed by atoms with Crippen LogP contribution >= 0.6 is 7.14 Å². The van der Waals surface area contributed by atoms with Crippen LogP contribution in [0, 0.1) is 17.3 Å². The molecule has 1 nitrogen and oxygen atoms in total. The number of hydrogen-bond donors (Lipinski definition) is 0. The van der Waals surface area contributed by atoms with Gasteiger partial charge in [-0.3, -0.25) is 0 Å². The minimum absolute atomic E-state index is 0.0825. The standard InChI is InChI=1S/C22H25OP/c1-16-20-14-17(22(20,2)3)15-21(16)24(23,18-10-6-4-7-11-18)19-12-8-5-9-13-19/h4-13,17,20-21H,1,14-15H2,2-3H3. The molecule has 2 heteroatoms. The minimum atomic E-state index is -2.72. The zero-order valence-corrected chi connectivity index (χ0v) is 15.4. The minimum Gasteiger partial charge on any atom is -0.313 e. The SMILES string of the molecule is C=C1C2CC(CC1P(=O)(c1ccccc1)c1ccccc1)C2(C)C. The highest BCUT2D eigenvalue weighted by atomic mass is 31.2. The van der Waals surface area contributed by atoms with Gasteiger partial charge < -0.3 is 4.57 Å². The van der Waals surface area contributed by atoms with Crippen molar-refractivity contribution in [3.8, 4) is 0 Å². The van der Waals surface area contributed by atoms with Crippen molar-refractivity contribution in [3.63, 3.8) is 0 Å². The summed E-state index contributed by atoms with van der Waals surface area (Å²) in [5.41, 5.74) is 1.63. The maximum absolute atomic E-state index is 14.5. The molecule has 2 bridgehead atoms. The van der Waals surface area contributed by atoms with Crippen molar-refractivity contribution in [2.75, 3.05) is 0 Å². The van der Waals surface area contributed by atoms with Crippen LogP contribution in [0.2, 0.25) is 0 Å². The summed E-state index contributed by atoms with van der Waals surface area (Å²) in [4.78, 5) is 0. The quantitative estimate of drug-likeness (QED) is 0.570. The third-order valence-corrected chi connectivity index (χ3v) is 10.1. The average molecular weight is 336 g/mol. The van der Waals surface area contributed by atoms with E-state index in [4.69, 9.17) is 0 Å². The first-order valence-electron chi connectivity index (χ1n) is 8.85. The van der Waals surface area contributed by atoms with Crippen molar-refractivity contribution in [1.82, 2.24) is 0 Å². The van der Waals surface area contributed by atoms with Gasteiger partial charge in [0.1, 0.15) is 7.14 Å². The van der Waals surface area contributed by atoms with E-state index in [2.05, 4.69) is 20.4 Å². The molecule has 0 saturated heterocycles. The zero-order valence-electron chi connectivity index (χ0n) is 14.5. The highest BCUT2D eigenvalue weighted by Gasteiger charge is 2.58. The fraction of sp³-hybridized carbons (Fsp3) is 0.364. The number of allylic oxidation sites excluding steroid dienone is 1. The number of rotatable bonds is 3. The van der Waals surface area contributed by atoms with Gasteiger partial charge in [0, 0.05) is 16.3 Å². The van der Waals surface area contributed by atoms with Crippen LogP contribution in [0.5, 0.6) is 0 Å². The fourth-order valence-corrected chi connectivity index (χ4v) is 8.33. The second-order valence-electron chi connectivity index (χ2n) is 7.96. The predicted octanol–water partition coefficient (Wildman–Crippen LogP) is 4.99. The summed E-state index contributed by atoms with van der Waals surface area (Å²) in [6.45, 7) is 9.16. The van der Waals surface area contributed by atoms with Gasteiger partial charge in [-0.05, 0) is 30.1 Å². The van der Waals surface area contributed by atoms with E-state index in [1.165, 1.54) is 12.0 Å². The first-order chi connectivity index (χ1) is 11.5. The Hall–Kier alpha value is -1.59. The maximum atomic E-state index is 14.5. The van der Waals surface area contributed by atoms with Crippen molar-refractivity contribution >= 4 is 17.8 Å². The van der Waals surface area contributed by atoms with Crippen LogP contribution in [-0.2, 0) is 4.57 Å². The Bertz CT molecular complexity index is 763. The normalized spacial score (nSPS) is 28.2. The van der Waals surface area contributed by atoms with E-state index in [1.54, 1.807) is 0 Å². The van der Waals surface area contributed by atoms with E-state index in [1.807, 2.05) is 60.7 Å². The van der Waals surface area contributed by atoms with Crippen LogP contribution < -0.4 is 10.6 Å². The lowest BCUT2D eigenvalue weighted by Gasteiger charge is -2.60. The Morgan fingerprint density at radius 2 is 1.42 bits per heavy atom. The van der Waals surface area contributed by atoms with Crippen LogP contribution in [0.4, 0.5) is 0 Å². The van der Waals surface area contributed by atoms with E-state index >= 15 is 0 Å². The van der Waals surface area contributed by atoms with E-state index in [-0.39, 0.29) is 5.66 Å². The number of benzene rings is 2. The van der Waals surface area contributed by atoms with Crippen molar-refractivity contribution in [2.24, 2.45) is 17.3 Å². The molecule has 2 aromatic carbocycles. The Kier molecular flexibility index (Phi) is 3.62. The molecule has 3 saturated carbocycles. The fourth-order valence-electron chi connectivity index (χ4n) is 4.89. The van der Waals surface area contributed by atoms with E-state index < -0.39 is 7.14 Å². The molecule has 0 heterocycles. The third-order valence-electron chi connectivity index (χ3n) is 6.57. The van der Waals surface area contributed by atoms with E-state index in [9.17, 15) is 4.57 Å². The molecule has 0 aromatic heterocycles. The van der Waals surface area contributed by atoms with Crippen LogP contribution in [0.25, 0.3) is 0 Å². The molecule has 124 valence electrons. The summed E-state index contributed by atoms with van der Waals surface area (Å²) in [7, 11) is -2.72. The molecule has 5 rings (SSSR count). The second kappa shape index (κ2) is 5.46. The summed E-state index contributed by atoms with van der Waals surface area (Å²) in [5.74, 6) is 1.18. The number of hydrogen-bond acceptors (Lipinski definition) is 1. The molecule has 24 heavy (non-hydrogen) atoms. The molecule has 3 aliphatic rings. The summed E-state index contributed by atoms with van der Waals surface area (Å²) < 4.78 is 14.5. The Labute approximate surface area is 145 Å². The van der Waals surface area contributed by atoms with Crippen LogP contribution in [-0.4, -0.2) is 5.66 Å². The highest BCUT2D eigenvalue weighted by molar-refractivity contribution is 7.79. The largest absolute Gasteiger partial charge is 0.313 e. The van der Waals surface area contributed by atoms with Gasteiger partial charge in [-0.15, -0.1) is 0 Å². The van der Waals surface area contributed by atoms with Crippen LogP contribution in [0.15, 0.2) is 72.8 Å². The molecule has 0 N–H and O–H groups in total. The highest BCUT2D eigenvalue weighted by Crippen LogP contribution is 2.68. The lowest BCUT2D eigenvalue weighted by molar-refractivity contribution is -0.0258. The van der Waals surface area contributed by atoms with Crippen molar-refractivity contribution in [3.05, 3.63) is 72.8 Å². The van der Waals surface area contributed by atoms with E-state index in [0.717, 1.165) is 17.0 Å². The molecule has 0 radical (unpaired) electrons. The zero-order chi connectivity index (χ0) is 16.9. The summed E-state index contributed by atoms with van der Waals surface area (Å²) in [6, 6.07) is 20.1. The average Bonchev–Trinajstić information content (AvgIpc) is 2.62. The lowest BCUT2D eigenvalue weighted by Crippen LogP contribution is -2.54. The summed E-state index contributed by atoms with van der Waals surface area (Å²) in [6.07, 6.45) is 2.23. The first-order valence-corrected chi connectivity index (χ1v) is 10.6. The topological polar surface area (TPSA) is 17.1 Å². The van der Waals surface area contributed by atoms with Gasteiger partial charge in [-0.1, -0.05) is 86.7 Å². The summed E-state index contributed by atoms with van der Waals surface area (Å²) >= 11 is 0. The molecule has 3 unspecified atom stereocenters.